The van der Waals surface area contributed by atoms with Gasteiger partial charge >= 0.3 is 0 Å². The van der Waals surface area contributed by atoms with Crippen LogP contribution in [0.2, 0.25) is 0 Å². The summed E-state index contributed by atoms with van der Waals surface area (Å²) >= 11 is 0. The van der Waals surface area contributed by atoms with Crippen LogP contribution in [0, 0.1) is 6.92 Å². The molecule has 1 radical (unpaired) electrons. The van der Waals surface area contributed by atoms with Gasteiger partial charge in [-0.05, 0) is 17.2 Å². The Morgan fingerprint density at radius 2 is 1.69 bits per heavy atom. The molecule has 0 bridgehead atoms. The van der Waals surface area contributed by atoms with Gasteiger partial charge in [0.1, 0.15) is 0 Å². The number of hydrogen-bond donors (Lipinski definition) is 0. The van der Waals surface area contributed by atoms with E-state index in [-0.39, 0.29) is 18.4 Å². The monoisotopic (exact) mass is 219 g/mol. The minimum absolute atomic E-state index is 0.106. The van der Waals surface area contributed by atoms with E-state index in [4.69, 9.17) is 0 Å². The van der Waals surface area contributed by atoms with Crippen molar-refractivity contribution in [3.63, 3.8) is 0 Å². The zero-order valence-corrected chi connectivity index (χ0v) is 8.92. The lowest BCUT2D eigenvalue weighted by Gasteiger charge is -2.17. The highest BCUT2D eigenvalue weighted by Crippen LogP contribution is 2.36. The van der Waals surface area contributed by atoms with Crippen molar-refractivity contribution in [1.29, 1.82) is 0 Å². The molecule has 0 unspecified atom stereocenters. The van der Waals surface area contributed by atoms with E-state index in [1.54, 1.807) is 18.2 Å². The van der Waals surface area contributed by atoms with Gasteiger partial charge in [0.15, 0.2) is 0 Å². The third-order valence-electron chi connectivity index (χ3n) is 2.67. The molecule has 0 atom stereocenters. The summed E-state index contributed by atoms with van der Waals surface area (Å²) in [5, 5.41) is 1.48. The summed E-state index contributed by atoms with van der Waals surface area (Å²) in [5.41, 5.74) is 0.106. The quantitative estimate of drug-likeness (QED) is 0.710. The van der Waals surface area contributed by atoms with Crippen molar-refractivity contribution in [3.05, 3.63) is 55.0 Å². The molecule has 0 saturated carbocycles. The predicted molar refractivity (Wildman–Crippen MR) is 62.4 cm³/mol. The van der Waals surface area contributed by atoms with Crippen molar-refractivity contribution in [2.45, 2.75) is 18.8 Å². The van der Waals surface area contributed by atoms with Crippen LogP contribution in [0.15, 0.2) is 42.5 Å². The van der Waals surface area contributed by atoms with Crippen LogP contribution < -0.4 is 0 Å². The van der Waals surface area contributed by atoms with Crippen molar-refractivity contribution in [3.8, 4) is 0 Å². The molecule has 2 aromatic rings. The highest BCUT2D eigenvalue weighted by atomic mass is 19.3. The molecule has 2 aromatic carbocycles. The molecule has 0 heterocycles. The molecule has 0 amide bonds. The van der Waals surface area contributed by atoms with Crippen molar-refractivity contribution < 1.29 is 8.78 Å². The second kappa shape index (κ2) is 4.20. The van der Waals surface area contributed by atoms with E-state index in [0.29, 0.717) is 5.39 Å². The fraction of sp³-hybridized carbons (Fsp3) is 0.214. The second-order valence-electron chi connectivity index (χ2n) is 3.83. The largest absolute Gasteiger partial charge is 0.273 e. The van der Waals surface area contributed by atoms with Crippen LogP contribution in [0.1, 0.15) is 18.4 Å². The van der Waals surface area contributed by atoms with Crippen molar-refractivity contribution >= 4 is 10.8 Å². The first-order chi connectivity index (χ1) is 7.65. The first-order valence-corrected chi connectivity index (χ1v) is 5.30. The Bertz CT molecular complexity index is 484. The summed E-state index contributed by atoms with van der Waals surface area (Å²) in [6.07, 6.45) is 0.0250. The average Bonchev–Trinajstić information content (AvgIpc) is 2.28. The zero-order chi connectivity index (χ0) is 11.6. The maximum absolute atomic E-state index is 13.8. The predicted octanol–water partition coefficient (Wildman–Crippen LogP) is 4.55. The molecule has 0 spiro atoms. The van der Waals surface area contributed by atoms with E-state index in [9.17, 15) is 8.78 Å². The maximum Gasteiger partial charge on any atom is 0.273 e. The number of hydrogen-bond acceptors (Lipinski definition) is 0. The molecule has 0 N–H and O–H groups in total. The third kappa shape index (κ3) is 1.92. The first-order valence-electron chi connectivity index (χ1n) is 5.30. The van der Waals surface area contributed by atoms with Crippen LogP contribution in [-0.2, 0) is 5.92 Å². The Kier molecular flexibility index (Phi) is 2.90. The van der Waals surface area contributed by atoms with Gasteiger partial charge in [-0.1, -0.05) is 49.4 Å². The lowest BCUT2D eigenvalue weighted by atomic mass is 9.97. The number of halogens is 2. The fourth-order valence-corrected chi connectivity index (χ4v) is 1.90. The highest BCUT2D eigenvalue weighted by Gasteiger charge is 2.31. The Hall–Kier alpha value is -1.44. The molecule has 0 fully saturated rings. The third-order valence-corrected chi connectivity index (χ3v) is 2.67. The van der Waals surface area contributed by atoms with E-state index in [1.165, 1.54) is 6.07 Å². The van der Waals surface area contributed by atoms with Crippen LogP contribution in [0.4, 0.5) is 8.78 Å². The summed E-state index contributed by atoms with van der Waals surface area (Å²) in [6.45, 7) is 3.50. The summed E-state index contributed by atoms with van der Waals surface area (Å²) < 4.78 is 27.7. The van der Waals surface area contributed by atoms with Gasteiger partial charge < -0.3 is 0 Å². The number of alkyl halides is 2. The van der Waals surface area contributed by atoms with Crippen LogP contribution >= 0.6 is 0 Å². The van der Waals surface area contributed by atoms with E-state index in [2.05, 4.69) is 6.92 Å². The molecule has 0 nitrogen and oxygen atoms in total. The molecule has 0 aliphatic carbocycles. The minimum atomic E-state index is -2.79. The Labute approximate surface area is 93.9 Å². The van der Waals surface area contributed by atoms with E-state index < -0.39 is 5.92 Å². The zero-order valence-electron chi connectivity index (χ0n) is 8.92. The van der Waals surface area contributed by atoms with Crippen LogP contribution in [-0.4, -0.2) is 0 Å². The Balaban J connectivity index is 2.60. The molecule has 0 aliphatic heterocycles. The van der Waals surface area contributed by atoms with Crippen LogP contribution in [0.5, 0.6) is 0 Å². The van der Waals surface area contributed by atoms with Gasteiger partial charge in [0.25, 0.3) is 5.92 Å². The lowest BCUT2D eigenvalue weighted by molar-refractivity contribution is -0.0109. The maximum atomic E-state index is 13.8. The standard InChI is InChI=1S/C14H13F2/c1-2-10-14(15,16)13-9-5-7-11-6-3-4-8-12(11)13/h3-9H,1-2,10H2. The molecule has 2 rings (SSSR count). The highest BCUT2D eigenvalue weighted by molar-refractivity contribution is 5.86. The fourth-order valence-electron chi connectivity index (χ4n) is 1.90. The van der Waals surface area contributed by atoms with E-state index in [0.717, 1.165) is 5.39 Å². The summed E-state index contributed by atoms with van der Waals surface area (Å²) in [5.74, 6) is -2.79. The molecule has 0 aliphatic rings. The van der Waals surface area contributed by atoms with Gasteiger partial charge in [0, 0.05) is 12.0 Å². The van der Waals surface area contributed by atoms with Gasteiger partial charge in [0.2, 0.25) is 0 Å². The Morgan fingerprint density at radius 3 is 2.44 bits per heavy atom. The molecular formula is C14H13F2. The first kappa shape index (κ1) is 11.1. The van der Waals surface area contributed by atoms with E-state index >= 15 is 0 Å². The SMILES string of the molecule is [CH2]CCC(F)(F)c1cccc2ccccc12. The van der Waals surface area contributed by atoms with Crippen molar-refractivity contribution in [1.82, 2.24) is 0 Å². The number of benzene rings is 2. The van der Waals surface area contributed by atoms with Gasteiger partial charge in [-0.3, -0.25) is 0 Å². The van der Waals surface area contributed by atoms with Crippen LogP contribution in [0.25, 0.3) is 10.8 Å². The second-order valence-corrected chi connectivity index (χ2v) is 3.83. The molecule has 2 heteroatoms. The minimum Gasteiger partial charge on any atom is -0.201 e. The Morgan fingerprint density at radius 1 is 1.00 bits per heavy atom. The summed E-state index contributed by atoms with van der Waals surface area (Å²) in [7, 11) is 0. The molecule has 0 aromatic heterocycles. The van der Waals surface area contributed by atoms with Crippen molar-refractivity contribution in [2.75, 3.05) is 0 Å². The van der Waals surface area contributed by atoms with E-state index in [1.807, 2.05) is 18.2 Å². The number of fused-ring (bicyclic) bond motifs is 1. The van der Waals surface area contributed by atoms with Gasteiger partial charge in [-0.2, -0.15) is 0 Å². The molecule has 16 heavy (non-hydrogen) atoms. The number of rotatable bonds is 3. The summed E-state index contributed by atoms with van der Waals surface area (Å²) in [4.78, 5) is 0. The summed E-state index contributed by atoms with van der Waals surface area (Å²) in [6, 6.07) is 12.2. The average molecular weight is 219 g/mol. The molecule has 83 valence electrons. The van der Waals surface area contributed by atoms with Crippen LogP contribution in [0.3, 0.4) is 0 Å². The topological polar surface area (TPSA) is 0 Å². The van der Waals surface area contributed by atoms with Gasteiger partial charge in [0.05, 0.1) is 0 Å². The van der Waals surface area contributed by atoms with Crippen molar-refractivity contribution in [2.24, 2.45) is 0 Å². The van der Waals surface area contributed by atoms with Gasteiger partial charge in [-0.25, -0.2) is 8.78 Å². The molecule has 0 saturated heterocycles. The normalized spacial score (nSPS) is 11.9. The smallest absolute Gasteiger partial charge is 0.201 e. The van der Waals surface area contributed by atoms with Gasteiger partial charge in [-0.15, -0.1) is 0 Å². The lowest BCUT2D eigenvalue weighted by Crippen LogP contribution is -2.13. The molecular weight excluding hydrogens is 206 g/mol.